The van der Waals surface area contributed by atoms with E-state index in [1.165, 1.54) is 23.1 Å². The zero-order valence-electron chi connectivity index (χ0n) is 13.4. The van der Waals surface area contributed by atoms with Crippen LogP contribution in [0.3, 0.4) is 0 Å². The number of nitrogens with one attached hydrogen (secondary N) is 1. The highest BCUT2D eigenvalue weighted by Gasteiger charge is 2.34. The molecule has 4 nitrogen and oxygen atoms in total. The van der Waals surface area contributed by atoms with Crippen molar-refractivity contribution in [2.24, 2.45) is 5.41 Å². The summed E-state index contributed by atoms with van der Waals surface area (Å²) < 4.78 is 0. The van der Waals surface area contributed by atoms with Gasteiger partial charge in [0.2, 0.25) is 5.91 Å². The van der Waals surface area contributed by atoms with Crippen molar-refractivity contribution in [3.63, 3.8) is 0 Å². The van der Waals surface area contributed by atoms with E-state index < -0.39 is 0 Å². The molecule has 0 saturated carbocycles. The summed E-state index contributed by atoms with van der Waals surface area (Å²) in [6.07, 6.45) is 1.29. The maximum Gasteiger partial charge on any atom is 0.236 e. The van der Waals surface area contributed by atoms with Crippen LogP contribution in [-0.4, -0.2) is 22.4 Å². The molecule has 0 bridgehead atoms. The molecule has 0 radical (unpaired) electrons. The standard InChI is InChI=1S/C17H17ClN2O2S2/c1-17(2)7-12-15(13(21)8-17)24-16(19-12)20-14(22)9-23-11-5-3-10(18)4-6-11/h3-6H,7-9H2,1-2H3,(H,19,20,22). The van der Waals surface area contributed by atoms with Gasteiger partial charge in [-0.15, -0.1) is 11.8 Å². The number of carbonyl (C=O) groups is 2. The average Bonchev–Trinajstić information content (AvgIpc) is 2.88. The summed E-state index contributed by atoms with van der Waals surface area (Å²) in [6, 6.07) is 7.35. The molecule has 3 rings (SSSR count). The van der Waals surface area contributed by atoms with Gasteiger partial charge in [-0.2, -0.15) is 0 Å². The Morgan fingerprint density at radius 2 is 2.04 bits per heavy atom. The third-order valence-electron chi connectivity index (χ3n) is 3.67. The zero-order chi connectivity index (χ0) is 17.3. The van der Waals surface area contributed by atoms with E-state index in [0.29, 0.717) is 21.5 Å². The van der Waals surface area contributed by atoms with Crippen LogP contribution in [0.1, 0.15) is 35.6 Å². The van der Waals surface area contributed by atoms with Gasteiger partial charge >= 0.3 is 0 Å². The summed E-state index contributed by atoms with van der Waals surface area (Å²) >= 11 is 8.55. The maximum absolute atomic E-state index is 12.2. The van der Waals surface area contributed by atoms with Gasteiger partial charge in [0.15, 0.2) is 10.9 Å². The fourth-order valence-corrected chi connectivity index (χ4v) is 4.37. The highest BCUT2D eigenvalue weighted by Crippen LogP contribution is 2.38. The van der Waals surface area contributed by atoms with Gasteiger partial charge < -0.3 is 5.32 Å². The van der Waals surface area contributed by atoms with E-state index in [2.05, 4.69) is 24.1 Å². The molecule has 0 spiro atoms. The van der Waals surface area contributed by atoms with Crippen molar-refractivity contribution >= 4 is 51.5 Å². The van der Waals surface area contributed by atoms with E-state index in [-0.39, 0.29) is 22.9 Å². The fraction of sp³-hybridized carbons (Fsp3) is 0.353. The van der Waals surface area contributed by atoms with Crippen LogP contribution >= 0.6 is 34.7 Å². The lowest BCUT2D eigenvalue weighted by molar-refractivity contribution is -0.113. The Bertz CT molecular complexity index is 784. The van der Waals surface area contributed by atoms with Crippen molar-refractivity contribution in [3.05, 3.63) is 39.9 Å². The number of halogens is 1. The minimum Gasteiger partial charge on any atom is -0.301 e. The highest BCUT2D eigenvalue weighted by atomic mass is 35.5. The van der Waals surface area contributed by atoms with Gasteiger partial charge in [-0.25, -0.2) is 4.98 Å². The van der Waals surface area contributed by atoms with Gasteiger partial charge in [0.25, 0.3) is 0 Å². The first-order valence-corrected chi connectivity index (χ1v) is 9.71. The zero-order valence-corrected chi connectivity index (χ0v) is 15.8. The van der Waals surface area contributed by atoms with E-state index in [1.807, 2.05) is 12.1 Å². The first kappa shape index (κ1) is 17.5. The number of hydrogen-bond donors (Lipinski definition) is 1. The largest absolute Gasteiger partial charge is 0.301 e. The molecule has 0 fully saturated rings. The molecule has 1 aromatic heterocycles. The monoisotopic (exact) mass is 380 g/mol. The summed E-state index contributed by atoms with van der Waals surface area (Å²) in [5.74, 6) is 0.272. The second-order valence-electron chi connectivity index (χ2n) is 6.53. The van der Waals surface area contributed by atoms with Crippen molar-refractivity contribution in [2.75, 3.05) is 11.1 Å². The van der Waals surface area contributed by atoms with Crippen molar-refractivity contribution in [3.8, 4) is 0 Å². The van der Waals surface area contributed by atoms with E-state index >= 15 is 0 Å². The van der Waals surface area contributed by atoms with E-state index in [0.717, 1.165) is 17.0 Å². The molecule has 1 heterocycles. The number of ketones is 1. The number of Topliss-reactive ketones (excluding diaryl/α,β-unsaturated/α-hetero) is 1. The smallest absolute Gasteiger partial charge is 0.236 e. The number of carbonyl (C=O) groups excluding carboxylic acids is 2. The molecule has 2 aromatic rings. The normalized spacial score (nSPS) is 15.9. The molecule has 0 aliphatic heterocycles. The molecule has 7 heteroatoms. The number of amides is 1. The molecule has 1 N–H and O–H groups in total. The molecule has 0 atom stereocenters. The predicted octanol–water partition coefficient (Wildman–Crippen LogP) is 4.68. The first-order chi connectivity index (χ1) is 11.3. The quantitative estimate of drug-likeness (QED) is 0.782. The van der Waals surface area contributed by atoms with Crippen LogP contribution in [0.4, 0.5) is 5.13 Å². The number of fused-ring (bicyclic) bond motifs is 1. The van der Waals surface area contributed by atoms with Crippen LogP contribution in [0, 0.1) is 5.41 Å². The molecule has 1 aromatic carbocycles. The SMILES string of the molecule is CC1(C)CC(=O)c2sc(NC(=O)CSc3ccc(Cl)cc3)nc2C1. The number of thioether (sulfide) groups is 1. The summed E-state index contributed by atoms with van der Waals surface area (Å²) in [5, 5.41) is 3.98. The van der Waals surface area contributed by atoms with Crippen LogP contribution in [0.15, 0.2) is 29.2 Å². The van der Waals surface area contributed by atoms with Gasteiger partial charge in [-0.05, 0) is 36.1 Å². The molecular formula is C17H17ClN2O2S2. The second-order valence-corrected chi connectivity index (χ2v) is 9.01. The molecule has 0 unspecified atom stereocenters. The molecular weight excluding hydrogens is 364 g/mol. The molecule has 0 saturated heterocycles. The lowest BCUT2D eigenvalue weighted by Crippen LogP contribution is -2.26. The average molecular weight is 381 g/mol. The Morgan fingerprint density at radius 1 is 1.33 bits per heavy atom. The number of thiazole rings is 1. The summed E-state index contributed by atoms with van der Waals surface area (Å²) in [4.78, 5) is 30.4. The van der Waals surface area contributed by atoms with Gasteiger partial charge in [0, 0.05) is 16.3 Å². The van der Waals surface area contributed by atoms with E-state index in [9.17, 15) is 9.59 Å². The van der Waals surface area contributed by atoms with Gasteiger partial charge in [0.05, 0.1) is 16.3 Å². The minimum absolute atomic E-state index is 0.0656. The molecule has 1 aliphatic rings. The first-order valence-electron chi connectivity index (χ1n) is 7.53. The van der Waals surface area contributed by atoms with Crippen LogP contribution in [0.2, 0.25) is 5.02 Å². The predicted molar refractivity (Wildman–Crippen MR) is 99.4 cm³/mol. The number of hydrogen-bond acceptors (Lipinski definition) is 5. The second kappa shape index (κ2) is 6.86. The van der Waals surface area contributed by atoms with Gasteiger partial charge in [0.1, 0.15) is 0 Å². The van der Waals surface area contributed by atoms with Crippen LogP contribution in [0.25, 0.3) is 0 Å². The van der Waals surface area contributed by atoms with Crippen LogP contribution in [-0.2, 0) is 11.2 Å². The fourth-order valence-electron chi connectivity index (χ4n) is 2.61. The van der Waals surface area contributed by atoms with Crippen LogP contribution in [0.5, 0.6) is 0 Å². The van der Waals surface area contributed by atoms with Gasteiger partial charge in [-0.3, -0.25) is 9.59 Å². The maximum atomic E-state index is 12.2. The summed E-state index contributed by atoms with van der Waals surface area (Å²) in [7, 11) is 0. The van der Waals surface area contributed by atoms with Crippen LogP contribution < -0.4 is 5.32 Å². The molecule has 24 heavy (non-hydrogen) atoms. The summed E-state index contributed by atoms with van der Waals surface area (Å²) in [6.45, 7) is 4.13. The Kier molecular flexibility index (Phi) is 4.99. The Balaban J connectivity index is 1.61. The minimum atomic E-state index is -0.132. The molecule has 1 amide bonds. The Hall–Kier alpha value is -1.37. The van der Waals surface area contributed by atoms with Crippen molar-refractivity contribution < 1.29 is 9.59 Å². The molecule has 1 aliphatic carbocycles. The third kappa shape index (κ3) is 4.18. The highest BCUT2D eigenvalue weighted by molar-refractivity contribution is 8.00. The van der Waals surface area contributed by atoms with Gasteiger partial charge in [-0.1, -0.05) is 36.8 Å². The lowest BCUT2D eigenvalue weighted by atomic mass is 9.78. The van der Waals surface area contributed by atoms with E-state index in [1.54, 1.807) is 12.1 Å². The van der Waals surface area contributed by atoms with Crippen molar-refractivity contribution in [1.82, 2.24) is 4.98 Å². The number of nitrogens with zero attached hydrogens (tertiary/aromatic N) is 1. The molecule has 126 valence electrons. The number of anilines is 1. The Labute approximate surface area is 154 Å². The lowest BCUT2D eigenvalue weighted by Gasteiger charge is -2.26. The topological polar surface area (TPSA) is 59.1 Å². The third-order valence-corrected chi connectivity index (χ3v) is 5.98. The van der Waals surface area contributed by atoms with Crippen molar-refractivity contribution in [1.29, 1.82) is 0 Å². The van der Waals surface area contributed by atoms with E-state index in [4.69, 9.17) is 11.6 Å². The number of rotatable bonds is 4. The number of aromatic nitrogens is 1. The summed E-state index contributed by atoms with van der Waals surface area (Å²) in [5.41, 5.74) is 0.742. The Morgan fingerprint density at radius 3 is 2.75 bits per heavy atom. The van der Waals surface area contributed by atoms with Crippen molar-refractivity contribution in [2.45, 2.75) is 31.6 Å². The number of benzene rings is 1.